The van der Waals surface area contributed by atoms with Gasteiger partial charge in [-0.3, -0.25) is 4.55 Å². The molecule has 130 valence electrons. The zero-order valence-electron chi connectivity index (χ0n) is 12.8. The van der Waals surface area contributed by atoms with Crippen LogP contribution >= 0.6 is 0 Å². The number of aliphatic hydroxyl groups excluding tert-OH is 1. The predicted octanol–water partition coefficient (Wildman–Crippen LogP) is -0.694. The van der Waals surface area contributed by atoms with E-state index in [0.717, 1.165) is 5.69 Å². The first-order chi connectivity index (χ1) is 9.78. The van der Waals surface area contributed by atoms with E-state index in [9.17, 15) is 13.5 Å². The summed E-state index contributed by atoms with van der Waals surface area (Å²) in [5, 5.41) is 9.76. The zero-order chi connectivity index (χ0) is 16.0. The molecule has 0 aliphatic rings. The summed E-state index contributed by atoms with van der Waals surface area (Å²) < 4.78 is 40.7. The van der Waals surface area contributed by atoms with Gasteiger partial charge in [-0.2, -0.15) is 8.42 Å². The number of hydrogen-bond donors (Lipinski definition) is 2. The van der Waals surface area contributed by atoms with Gasteiger partial charge in [0.15, 0.2) is 0 Å². The first-order valence-corrected chi connectivity index (χ1v) is 8.01. The summed E-state index contributed by atoms with van der Waals surface area (Å²) in [7, 11) is -1.15. The van der Waals surface area contributed by atoms with Crippen LogP contribution in [0.2, 0.25) is 0 Å². The van der Waals surface area contributed by atoms with E-state index in [2.05, 4.69) is 0 Å². The molecule has 8 nitrogen and oxygen atoms in total. The van der Waals surface area contributed by atoms with E-state index in [-0.39, 0.29) is 41.6 Å². The molecule has 1 unspecified atom stereocenters. The van der Waals surface area contributed by atoms with Gasteiger partial charge in [0.1, 0.15) is 17.3 Å². The minimum absolute atomic E-state index is 0. The summed E-state index contributed by atoms with van der Waals surface area (Å²) in [4.78, 5) is 1.76. The molecule has 1 rings (SSSR count). The van der Waals surface area contributed by atoms with Crippen molar-refractivity contribution < 1.29 is 33.0 Å². The Morgan fingerprint density at radius 3 is 2.00 bits per heavy atom. The average molecular weight is 361 g/mol. The second-order valence-electron chi connectivity index (χ2n) is 4.51. The molecule has 0 saturated carbocycles. The second kappa shape index (κ2) is 11.1. The van der Waals surface area contributed by atoms with Crippen molar-refractivity contribution in [3.05, 3.63) is 18.2 Å². The molecule has 0 aromatic heterocycles. The van der Waals surface area contributed by atoms with Gasteiger partial charge < -0.3 is 25.0 Å². The third-order valence-electron chi connectivity index (χ3n) is 2.92. The Balaban J connectivity index is 0. The Hall–Kier alpha value is -0.550. The van der Waals surface area contributed by atoms with Crippen LogP contribution in [0, 0.1) is 0 Å². The molecule has 0 bridgehead atoms. The van der Waals surface area contributed by atoms with Gasteiger partial charge in [0.2, 0.25) is 0 Å². The number of rotatable bonds is 8. The van der Waals surface area contributed by atoms with Crippen molar-refractivity contribution in [2.45, 2.75) is 13.0 Å². The summed E-state index contributed by atoms with van der Waals surface area (Å²) in [6.07, 6.45) is -1.20. The summed E-state index contributed by atoms with van der Waals surface area (Å²) in [5.41, 5.74) is 0.725. The number of methoxy groups -OCH3 is 2. The van der Waals surface area contributed by atoms with Gasteiger partial charge in [-0.1, -0.05) is 0 Å². The number of likely N-dealkylation sites (N-methyl/N-ethyl adjacent to an activating group) is 1. The van der Waals surface area contributed by atoms with E-state index in [1.165, 1.54) is 14.2 Å². The summed E-state index contributed by atoms with van der Waals surface area (Å²) in [6.45, 7) is 2.47. The van der Waals surface area contributed by atoms with Gasteiger partial charge in [-0.05, 0) is 6.92 Å². The molecule has 0 amide bonds. The van der Waals surface area contributed by atoms with E-state index >= 15 is 0 Å². The van der Waals surface area contributed by atoms with Gasteiger partial charge in [0.25, 0.3) is 10.1 Å². The third-order valence-corrected chi connectivity index (χ3v) is 3.72. The molecule has 1 aromatic rings. The van der Waals surface area contributed by atoms with Gasteiger partial charge in [-0.15, -0.1) is 0 Å². The van der Waals surface area contributed by atoms with Crippen LogP contribution in [0.5, 0.6) is 11.5 Å². The molecule has 0 fully saturated rings. The average Bonchev–Trinajstić information content (AvgIpc) is 2.42. The third kappa shape index (κ3) is 8.75. The van der Waals surface area contributed by atoms with Crippen LogP contribution in [0.1, 0.15) is 6.92 Å². The first kappa shape index (κ1) is 24.7. The van der Waals surface area contributed by atoms with Gasteiger partial charge in [0.05, 0.1) is 20.3 Å². The van der Waals surface area contributed by atoms with E-state index < -0.39 is 22.0 Å². The Labute approximate surface area is 158 Å². The quantitative estimate of drug-likeness (QED) is 0.463. The van der Waals surface area contributed by atoms with Crippen molar-refractivity contribution in [2.75, 3.05) is 38.0 Å². The Bertz CT molecular complexity index is 545. The van der Waals surface area contributed by atoms with E-state index in [0.29, 0.717) is 18.0 Å². The molecule has 23 heavy (non-hydrogen) atoms. The molecule has 0 heterocycles. The van der Waals surface area contributed by atoms with Crippen molar-refractivity contribution >= 4 is 45.4 Å². The Kier molecular flexibility index (Phi) is 11.9. The molecule has 1 atom stereocenters. The molecule has 10 heteroatoms. The number of anilines is 1. The maximum atomic E-state index is 10.8. The maximum absolute atomic E-state index is 10.8. The van der Waals surface area contributed by atoms with Crippen molar-refractivity contribution in [1.82, 2.24) is 0 Å². The number of benzene rings is 1. The first-order valence-electron chi connectivity index (χ1n) is 6.40. The van der Waals surface area contributed by atoms with Gasteiger partial charge in [0, 0.05) is 37.0 Å². The topological polar surface area (TPSA) is 128 Å². The number of nitrogens with zero attached hydrogens (tertiary/aromatic N) is 1. The van der Waals surface area contributed by atoms with Gasteiger partial charge >= 0.3 is 29.6 Å². The predicted molar refractivity (Wildman–Crippen MR) is 90.6 cm³/mol. The zero-order valence-corrected chi connectivity index (χ0v) is 13.6. The molecule has 0 spiro atoms. The molecule has 0 aliphatic heterocycles. The van der Waals surface area contributed by atoms with Crippen molar-refractivity contribution in [3.63, 3.8) is 0 Å². The Morgan fingerprint density at radius 1 is 1.17 bits per heavy atom. The summed E-state index contributed by atoms with van der Waals surface area (Å²) in [6, 6.07) is 5.23. The van der Waals surface area contributed by atoms with Crippen LogP contribution in [-0.2, 0) is 10.1 Å². The van der Waals surface area contributed by atoms with Crippen molar-refractivity contribution in [3.8, 4) is 11.5 Å². The van der Waals surface area contributed by atoms with Crippen LogP contribution in [-0.4, -0.2) is 92.3 Å². The van der Waals surface area contributed by atoms with E-state index in [4.69, 9.17) is 14.0 Å². The molecule has 4 N–H and O–H groups in total. The fourth-order valence-electron chi connectivity index (χ4n) is 1.94. The normalized spacial score (nSPS) is 11.7. The SMILES string of the molecule is CCN(CC(O)CS(=O)(=O)O)c1cc(OC)cc(OC)c1.O.[NaH]. The monoisotopic (exact) mass is 361 g/mol. The Morgan fingerprint density at radius 2 is 1.65 bits per heavy atom. The van der Waals surface area contributed by atoms with Crippen LogP contribution < -0.4 is 14.4 Å². The van der Waals surface area contributed by atoms with Crippen LogP contribution in [0.3, 0.4) is 0 Å². The number of aliphatic hydroxyl groups is 1. The summed E-state index contributed by atoms with van der Waals surface area (Å²) in [5.74, 6) is 0.476. The molecule has 0 aliphatic carbocycles. The van der Waals surface area contributed by atoms with Crippen molar-refractivity contribution in [1.29, 1.82) is 0 Å². The number of hydrogen-bond acceptors (Lipinski definition) is 6. The van der Waals surface area contributed by atoms with Crippen LogP contribution in [0.4, 0.5) is 5.69 Å². The molecular weight excluding hydrogens is 337 g/mol. The summed E-state index contributed by atoms with van der Waals surface area (Å²) >= 11 is 0. The van der Waals surface area contributed by atoms with E-state index in [1.54, 1.807) is 23.1 Å². The molecule has 0 radical (unpaired) electrons. The van der Waals surface area contributed by atoms with Crippen molar-refractivity contribution in [2.24, 2.45) is 0 Å². The fourth-order valence-corrected chi connectivity index (χ4v) is 2.53. The number of ether oxygens (including phenoxy) is 2. The fraction of sp³-hybridized carbons (Fsp3) is 0.538. The van der Waals surface area contributed by atoms with Crippen LogP contribution in [0.15, 0.2) is 18.2 Å². The van der Waals surface area contributed by atoms with Crippen LogP contribution in [0.25, 0.3) is 0 Å². The van der Waals surface area contributed by atoms with E-state index in [1.807, 2.05) is 6.92 Å². The molecule has 0 saturated heterocycles. The second-order valence-corrected chi connectivity index (χ2v) is 6.01. The minimum atomic E-state index is -4.21. The molecule has 1 aromatic carbocycles. The molecular formula is C13H24NNaO7S. The van der Waals surface area contributed by atoms with Gasteiger partial charge in [-0.25, -0.2) is 0 Å². The standard InChI is InChI=1S/C13H21NO6S.Na.H2O.H/c1-4-14(8-11(15)9-21(16,17)18)10-5-12(19-2)7-13(6-10)20-3;;;/h5-7,11,15H,4,8-9H2,1-3H3,(H,16,17,18);;1H2;.